The largest absolute Gasteiger partial charge is 1.00 e. The molecule has 0 rings (SSSR count). The molecule has 7 heteroatoms. The van der Waals surface area contributed by atoms with Gasteiger partial charge in [0.25, 0.3) is 5.34 Å². The van der Waals surface area contributed by atoms with Crippen LogP contribution >= 0.6 is 0 Å². The summed E-state index contributed by atoms with van der Waals surface area (Å²) in [4.78, 5) is 8.74. The Balaban J connectivity index is -0.000000125. The Kier molecular flexibility index (Phi) is 9.98. The summed E-state index contributed by atoms with van der Waals surface area (Å²) in [5, 5.41) is 1.56. The van der Waals surface area contributed by atoms with Crippen molar-refractivity contribution < 1.29 is 55.5 Å². The summed E-state index contributed by atoms with van der Waals surface area (Å²) in [6.07, 6.45) is 0. The zero-order valence-electron chi connectivity index (χ0n) is 4.46. The van der Waals surface area contributed by atoms with Crippen LogP contribution in [0.15, 0.2) is 5.34 Å². The summed E-state index contributed by atoms with van der Waals surface area (Å²) in [7, 11) is -2.51. The molecule has 0 aliphatic carbocycles. The van der Waals surface area contributed by atoms with Crippen LogP contribution in [0.25, 0.3) is 0 Å². The van der Waals surface area contributed by atoms with Crippen molar-refractivity contribution >= 4 is 0 Å². The van der Waals surface area contributed by atoms with Crippen LogP contribution in [0.3, 0.4) is 0 Å². The molecule has 0 atom stereocenters. The molecule has 0 amide bonds. The van der Waals surface area contributed by atoms with Crippen molar-refractivity contribution in [3.8, 4) is 0 Å². The van der Waals surface area contributed by atoms with Crippen LogP contribution in [-0.2, 0) is 4.39 Å². The monoisotopic (exact) mass is 137 g/mol. The van der Waals surface area contributed by atoms with Crippen LogP contribution in [0.1, 0.15) is 1.43 Å². The van der Waals surface area contributed by atoms with Gasteiger partial charge in [0, 0.05) is 0 Å². The maximum atomic E-state index is 9.05. The van der Waals surface area contributed by atoms with Crippen molar-refractivity contribution in [2.75, 3.05) is 0 Å². The summed E-state index contributed by atoms with van der Waals surface area (Å²) in [5.41, 5.74) is 0. The van der Waals surface area contributed by atoms with Gasteiger partial charge in [-0.05, 0) is 0 Å². The molecule has 7 heavy (non-hydrogen) atoms. The summed E-state index contributed by atoms with van der Waals surface area (Å²) >= 11 is 0. The maximum Gasteiger partial charge on any atom is 1.00 e. The van der Waals surface area contributed by atoms with Crippen molar-refractivity contribution in [2.24, 2.45) is 5.34 Å². The first-order chi connectivity index (χ1) is 2.77. The number of rotatable bonds is 2. The molecule has 0 aromatic rings. The van der Waals surface area contributed by atoms with E-state index in [1.165, 1.54) is 0 Å². The number of hydrogen-bond acceptors (Lipinski definition) is 5. The topological polar surface area (TPSA) is 84.8 Å². The van der Waals surface area contributed by atoms with Crippen molar-refractivity contribution in [2.45, 2.75) is 0 Å². The van der Waals surface area contributed by atoms with Crippen LogP contribution in [-0.4, -0.2) is 0 Å². The molecule has 0 heterocycles. The third-order valence-corrected chi connectivity index (χ3v) is 0.254. The standard InChI is InChI=1S/ClNO4.Na.H/c3-1(4)6-2-5;;/q;+1;-1. The third-order valence-electron chi connectivity index (χ3n) is 0.0845. The van der Waals surface area contributed by atoms with Crippen LogP contribution in [0, 0.1) is 15.7 Å². The number of hydrogen-bond donors (Lipinski definition) is 0. The number of halogens is 1. The van der Waals surface area contributed by atoms with Gasteiger partial charge < -0.3 is 10.7 Å². The fourth-order valence-electron chi connectivity index (χ4n) is 0.0230. The molecule has 0 bridgehead atoms. The van der Waals surface area contributed by atoms with E-state index in [-0.39, 0.29) is 31.0 Å². The molecule has 0 N–H and O–H groups in total. The van der Waals surface area contributed by atoms with Gasteiger partial charge >= 0.3 is 40.3 Å². The smallest absolute Gasteiger partial charge is 1.00 e. The van der Waals surface area contributed by atoms with Crippen LogP contribution in [0.5, 0.6) is 0 Å². The SMILES string of the molecule is O=NO[Cl+2]([O-])[O-].[H-].[Na+]. The van der Waals surface area contributed by atoms with Crippen molar-refractivity contribution in [1.29, 1.82) is 0 Å². The maximum absolute atomic E-state index is 9.05. The van der Waals surface area contributed by atoms with Gasteiger partial charge in [0.15, 0.2) is 0 Å². The average molecular weight is 137 g/mol. The van der Waals surface area contributed by atoms with Crippen molar-refractivity contribution in [3.63, 3.8) is 0 Å². The van der Waals surface area contributed by atoms with E-state index in [9.17, 15) is 0 Å². The zero-order chi connectivity index (χ0) is 4.99. The van der Waals surface area contributed by atoms with Gasteiger partial charge in [-0.2, -0.15) is 0 Å². The summed E-state index contributed by atoms with van der Waals surface area (Å²) in [6, 6.07) is 0. The normalized spacial score (nSPS) is 7.29. The molecule has 0 radical (unpaired) electrons. The van der Waals surface area contributed by atoms with E-state index in [0.717, 1.165) is 0 Å². The van der Waals surface area contributed by atoms with E-state index >= 15 is 0 Å². The molecule has 38 valence electrons. The van der Waals surface area contributed by atoms with Gasteiger partial charge in [-0.1, -0.05) is 4.91 Å². The molecule has 5 nitrogen and oxygen atoms in total. The molecule has 0 aromatic carbocycles. The van der Waals surface area contributed by atoms with E-state index in [4.69, 9.17) is 14.2 Å². The van der Waals surface area contributed by atoms with Gasteiger partial charge in [-0.15, -0.1) is 0 Å². The van der Waals surface area contributed by atoms with Crippen LogP contribution in [0.4, 0.5) is 0 Å². The van der Waals surface area contributed by atoms with Gasteiger partial charge in [0.2, 0.25) is 0 Å². The fraction of sp³-hybridized carbons (Fsp3) is 0. The predicted octanol–water partition coefficient (Wildman–Crippen LogP) is -5.11. The Morgan fingerprint density at radius 1 is 1.71 bits per heavy atom. The molecule has 0 saturated heterocycles. The van der Waals surface area contributed by atoms with Crippen LogP contribution < -0.4 is 38.9 Å². The second-order valence-electron chi connectivity index (χ2n) is 0.333. The molecule has 0 aliphatic heterocycles. The van der Waals surface area contributed by atoms with Crippen LogP contribution in [0.2, 0.25) is 0 Å². The summed E-state index contributed by atoms with van der Waals surface area (Å²) < 4.78 is 21.1. The molecule has 0 aliphatic rings. The van der Waals surface area contributed by atoms with E-state index in [1.807, 2.05) is 0 Å². The zero-order valence-corrected chi connectivity index (χ0v) is 6.21. The van der Waals surface area contributed by atoms with Gasteiger partial charge in [0.1, 0.15) is 0 Å². The molecule has 0 aromatic heterocycles. The molecule has 0 fully saturated rings. The third kappa shape index (κ3) is 10.8. The van der Waals surface area contributed by atoms with E-state index in [2.05, 4.69) is 4.39 Å². The van der Waals surface area contributed by atoms with Gasteiger partial charge in [0.05, 0.1) is 4.39 Å². The minimum atomic E-state index is -2.51. The van der Waals surface area contributed by atoms with Gasteiger partial charge in [-0.3, -0.25) is 0 Å². The molecule has 0 saturated carbocycles. The Bertz CT molecular complexity index is 51.3. The van der Waals surface area contributed by atoms with Crippen molar-refractivity contribution in [3.05, 3.63) is 4.91 Å². The van der Waals surface area contributed by atoms with E-state index in [0.29, 0.717) is 0 Å². The van der Waals surface area contributed by atoms with E-state index < -0.39 is 10.8 Å². The predicted molar refractivity (Wildman–Crippen MR) is 7.99 cm³/mol. The average Bonchev–Trinajstić information content (AvgIpc) is 1.35. The minimum Gasteiger partial charge on any atom is -1.00 e. The second kappa shape index (κ2) is 6.61. The Morgan fingerprint density at radius 2 is 2.14 bits per heavy atom. The van der Waals surface area contributed by atoms with Crippen molar-refractivity contribution in [1.82, 2.24) is 0 Å². The fourth-order valence-corrected chi connectivity index (χ4v) is 0.0690. The first-order valence-corrected chi connectivity index (χ1v) is 1.75. The molecular formula is HClNNaO4. The quantitative estimate of drug-likeness (QED) is 0.216. The first kappa shape index (κ1) is 10.6. The first-order valence-electron chi connectivity index (χ1n) is 0.828. The number of nitrogens with zero attached hydrogens (tertiary/aromatic N) is 1. The summed E-state index contributed by atoms with van der Waals surface area (Å²) in [6.45, 7) is 0. The second-order valence-corrected chi connectivity index (χ2v) is 0.849. The molecule has 0 spiro atoms. The Hall–Kier alpha value is 0.610. The Morgan fingerprint density at radius 3 is 2.14 bits per heavy atom. The van der Waals surface area contributed by atoms with E-state index in [1.54, 1.807) is 5.34 Å². The molecular weight excluding hydrogens is 136 g/mol. The molecule has 0 unspecified atom stereocenters. The minimum absolute atomic E-state index is 0. The summed E-state index contributed by atoms with van der Waals surface area (Å²) in [5.74, 6) is 0. The van der Waals surface area contributed by atoms with Gasteiger partial charge in [-0.25, -0.2) is 0 Å². The Labute approximate surface area is 65.8 Å².